The third kappa shape index (κ3) is 2.52. The van der Waals surface area contributed by atoms with Gasteiger partial charge in [0, 0.05) is 10.8 Å². The molecule has 0 aliphatic heterocycles. The molecular weight excluding hydrogens is 292 g/mol. The molecule has 21 heavy (non-hydrogen) atoms. The average Bonchev–Trinajstić information content (AvgIpc) is 2.75. The van der Waals surface area contributed by atoms with Gasteiger partial charge in [0.15, 0.2) is 0 Å². The number of aromatic amines is 1. The zero-order valence-corrected chi connectivity index (χ0v) is 15.5. The maximum absolute atomic E-state index is 3.76. The molecule has 1 aromatic heterocycles. The predicted molar refractivity (Wildman–Crippen MR) is 102 cm³/mol. The molecule has 3 heteroatoms. The molecule has 0 atom stereocenters. The van der Waals surface area contributed by atoms with Crippen LogP contribution >= 0.6 is 15.8 Å². The van der Waals surface area contributed by atoms with E-state index >= 15 is 0 Å². The van der Waals surface area contributed by atoms with Crippen molar-refractivity contribution < 1.29 is 0 Å². The summed E-state index contributed by atoms with van der Waals surface area (Å²) in [5, 5.41) is 5.80. The molecule has 0 fully saturated rings. The maximum Gasteiger partial charge on any atom is 0.0543 e. The number of nitrogens with one attached hydrogen (secondary N) is 1. The first-order valence-corrected chi connectivity index (χ1v) is 11.8. The van der Waals surface area contributed by atoms with E-state index in [2.05, 4.69) is 69.8 Å². The zero-order chi connectivity index (χ0) is 15.3. The van der Waals surface area contributed by atoms with Crippen molar-refractivity contribution in [1.29, 1.82) is 0 Å². The van der Waals surface area contributed by atoms with Gasteiger partial charge in [-0.25, -0.2) is 0 Å². The topological polar surface area (TPSA) is 15.8 Å². The minimum Gasteiger partial charge on any atom is -0.353 e. The summed E-state index contributed by atoms with van der Waals surface area (Å²) in [7, 11) is -0.214. The Morgan fingerprint density at radius 1 is 0.667 bits per heavy atom. The molecule has 0 amide bonds. The molecule has 1 heterocycles. The summed E-state index contributed by atoms with van der Waals surface area (Å²) in [5.74, 6) is 0. The van der Waals surface area contributed by atoms with Crippen LogP contribution in [0.4, 0.5) is 0 Å². The van der Waals surface area contributed by atoms with Crippen LogP contribution < -0.4 is 10.6 Å². The van der Waals surface area contributed by atoms with Gasteiger partial charge in [0.2, 0.25) is 0 Å². The molecule has 0 radical (unpaired) electrons. The SMILES string of the molecule is Cc1cc(P(C)C)c2[nH]c3c(P(C)C)cc(C)cc3c2c1. The van der Waals surface area contributed by atoms with Crippen LogP contribution in [0.15, 0.2) is 24.3 Å². The summed E-state index contributed by atoms with van der Waals surface area (Å²) >= 11 is 0. The van der Waals surface area contributed by atoms with E-state index in [4.69, 9.17) is 0 Å². The highest BCUT2D eigenvalue weighted by Gasteiger charge is 2.15. The number of hydrogen-bond acceptors (Lipinski definition) is 0. The average molecular weight is 315 g/mol. The Hall–Kier alpha value is -0.900. The van der Waals surface area contributed by atoms with Crippen LogP contribution in [0.3, 0.4) is 0 Å². The molecule has 0 saturated heterocycles. The van der Waals surface area contributed by atoms with Crippen molar-refractivity contribution in [2.75, 3.05) is 26.7 Å². The molecule has 1 nitrogen and oxygen atoms in total. The summed E-state index contributed by atoms with van der Waals surface area (Å²) in [6, 6.07) is 9.40. The highest BCUT2D eigenvalue weighted by atomic mass is 31.1. The van der Waals surface area contributed by atoms with Gasteiger partial charge >= 0.3 is 0 Å². The van der Waals surface area contributed by atoms with Crippen LogP contribution in [0.2, 0.25) is 0 Å². The highest BCUT2D eigenvalue weighted by molar-refractivity contribution is 7.65. The van der Waals surface area contributed by atoms with Gasteiger partial charge in [-0.3, -0.25) is 0 Å². The fourth-order valence-electron chi connectivity index (χ4n) is 3.05. The number of fused-ring (bicyclic) bond motifs is 3. The largest absolute Gasteiger partial charge is 0.353 e. The molecule has 0 saturated carbocycles. The predicted octanol–water partition coefficient (Wildman–Crippen LogP) is 4.67. The van der Waals surface area contributed by atoms with Gasteiger partial charge in [0.25, 0.3) is 0 Å². The Labute approximate surface area is 129 Å². The van der Waals surface area contributed by atoms with Crippen LogP contribution in [0.25, 0.3) is 21.8 Å². The van der Waals surface area contributed by atoms with Gasteiger partial charge < -0.3 is 4.98 Å². The number of aryl methyl sites for hydroxylation is 2. The third-order valence-corrected chi connectivity index (χ3v) is 6.66. The van der Waals surface area contributed by atoms with Gasteiger partial charge in [-0.15, -0.1) is 0 Å². The molecular formula is C18H23NP2. The first-order chi connectivity index (χ1) is 9.88. The number of rotatable bonds is 2. The first-order valence-electron chi connectivity index (χ1n) is 7.30. The molecule has 3 aromatic rings. The molecule has 0 aliphatic carbocycles. The van der Waals surface area contributed by atoms with Crippen LogP contribution in [0.1, 0.15) is 11.1 Å². The van der Waals surface area contributed by atoms with E-state index in [9.17, 15) is 0 Å². The van der Waals surface area contributed by atoms with Gasteiger partial charge in [0.1, 0.15) is 0 Å². The third-order valence-electron chi connectivity index (χ3n) is 4.03. The second kappa shape index (κ2) is 5.38. The number of H-pyrrole nitrogens is 1. The normalized spacial score (nSPS) is 12.2. The molecule has 0 spiro atoms. The lowest BCUT2D eigenvalue weighted by atomic mass is 10.1. The lowest BCUT2D eigenvalue weighted by Gasteiger charge is -2.09. The highest BCUT2D eigenvalue weighted by Crippen LogP contribution is 2.36. The molecule has 2 aromatic carbocycles. The van der Waals surface area contributed by atoms with Crippen LogP contribution in [0, 0.1) is 13.8 Å². The van der Waals surface area contributed by atoms with Gasteiger partial charge in [-0.2, -0.15) is 0 Å². The summed E-state index contributed by atoms with van der Waals surface area (Å²) in [5.41, 5.74) is 5.45. The molecule has 0 unspecified atom stereocenters. The lowest BCUT2D eigenvalue weighted by Crippen LogP contribution is -2.03. The molecule has 1 N–H and O–H groups in total. The van der Waals surface area contributed by atoms with Crippen molar-refractivity contribution in [3.8, 4) is 0 Å². The van der Waals surface area contributed by atoms with Crippen molar-refractivity contribution in [1.82, 2.24) is 4.98 Å². The minimum atomic E-state index is -0.107. The smallest absolute Gasteiger partial charge is 0.0543 e. The van der Waals surface area contributed by atoms with E-state index in [0.717, 1.165) is 0 Å². The summed E-state index contributed by atoms with van der Waals surface area (Å²) in [6.07, 6.45) is 0. The summed E-state index contributed by atoms with van der Waals surface area (Å²) in [4.78, 5) is 3.76. The van der Waals surface area contributed by atoms with Crippen LogP contribution in [-0.4, -0.2) is 31.6 Å². The maximum atomic E-state index is 3.76. The second-order valence-corrected chi connectivity index (χ2v) is 10.9. The van der Waals surface area contributed by atoms with Gasteiger partial charge in [0.05, 0.1) is 11.0 Å². The van der Waals surface area contributed by atoms with Crippen molar-refractivity contribution in [3.63, 3.8) is 0 Å². The number of aromatic nitrogens is 1. The lowest BCUT2D eigenvalue weighted by molar-refractivity contribution is 1.50. The molecule has 0 aliphatic rings. The fraction of sp³-hybridized carbons (Fsp3) is 0.333. The Bertz CT molecular complexity index is 760. The van der Waals surface area contributed by atoms with Crippen molar-refractivity contribution in [3.05, 3.63) is 35.4 Å². The van der Waals surface area contributed by atoms with Crippen molar-refractivity contribution in [2.24, 2.45) is 0 Å². The molecule has 110 valence electrons. The van der Waals surface area contributed by atoms with E-state index in [1.54, 1.807) is 0 Å². The summed E-state index contributed by atoms with van der Waals surface area (Å²) < 4.78 is 0. The Kier molecular flexibility index (Phi) is 3.85. The van der Waals surface area contributed by atoms with Gasteiger partial charge in [-0.1, -0.05) is 15.8 Å². The van der Waals surface area contributed by atoms with Gasteiger partial charge in [-0.05, 0) is 86.5 Å². The minimum absolute atomic E-state index is 0.107. The quantitative estimate of drug-likeness (QED) is 0.661. The Morgan fingerprint density at radius 2 is 1.05 bits per heavy atom. The van der Waals surface area contributed by atoms with Crippen LogP contribution in [-0.2, 0) is 0 Å². The van der Waals surface area contributed by atoms with E-state index in [0.29, 0.717) is 0 Å². The first kappa shape index (κ1) is 15.0. The van der Waals surface area contributed by atoms with Crippen molar-refractivity contribution >= 4 is 48.3 Å². The van der Waals surface area contributed by atoms with Crippen molar-refractivity contribution in [2.45, 2.75) is 13.8 Å². The zero-order valence-electron chi connectivity index (χ0n) is 13.7. The molecule has 3 rings (SSSR count). The summed E-state index contributed by atoms with van der Waals surface area (Å²) in [6.45, 7) is 13.8. The van der Waals surface area contributed by atoms with E-state index in [1.165, 1.54) is 43.5 Å². The second-order valence-electron chi connectivity index (χ2n) is 6.33. The molecule has 0 bridgehead atoms. The van der Waals surface area contributed by atoms with E-state index in [1.807, 2.05) is 0 Å². The van der Waals surface area contributed by atoms with E-state index < -0.39 is 0 Å². The Morgan fingerprint density at radius 3 is 1.38 bits per heavy atom. The standard InChI is InChI=1S/C18H23NP2/c1-11-7-13-14-8-12(2)10-16(21(5)6)18(14)19-17(13)15(9-11)20(3)4/h7-10,19H,1-6H3. The number of hydrogen-bond donors (Lipinski definition) is 1. The van der Waals surface area contributed by atoms with Crippen LogP contribution in [0.5, 0.6) is 0 Å². The fourth-order valence-corrected chi connectivity index (χ4v) is 5.22. The van der Waals surface area contributed by atoms with E-state index in [-0.39, 0.29) is 15.8 Å². The Balaban J connectivity index is 2.51. The number of benzene rings is 2. The monoisotopic (exact) mass is 315 g/mol.